The smallest absolute Gasteiger partial charge is 0.409 e. The van der Waals surface area contributed by atoms with Crippen LogP contribution in [0.25, 0.3) is 22.3 Å². The molecular formula is C24H33N9O2. The molecule has 0 saturated carbocycles. The minimum Gasteiger partial charge on any atom is -0.450 e. The van der Waals surface area contributed by atoms with E-state index in [1.165, 1.54) is 0 Å². The largest absolute Gasteiger partial charge is 0.450 e. The van der Waals surface area contributed by atoms with Crippen LogP contribution in [0, 0.1) is 0 Å². The summed E-state index contributed by atoms with van der Waals surface area (Å²) >= 11 is 0. The first-order chi connectivity index (χ1) is 16.9. The van der Waals surface area contributed by atoms with Gasteiger partial charge in [0.1, 0.15) is 22.5 Å². The highest BCUT2D eigenvalue weighted by Crippen LogP contribution is 2.29. The normalized spacial score (nSPS) is 23.1. The molecule has 5 rings (SSSR count). The van der Waals surface area contributed by atoms with E-state index in [9.17, 15) is 4.79 Å². The second-order valence-electron chi connectivity index (χ2n) is 9.42. The van der Waals surface area contributed by atoms with Crippen LogP contribution in [0.2, 0.25) is 0 Å². The topological polar surface area (TPSA) is 115 Å². The maximum absolute atomic E-state index is 12.2. The molecule has 3 atom stereocenters. The molecule has 3 aromatic heterocycles. The van der Waals surface area contributed by atoms with Gasteiger partial charge in [-0.05, 0) is 39.8 Å². The predicted octanol–water partition coefficient (Wildman–Crippen LogP) is 2.27. The lowest BCUT2D eigenvalue weighted by Gasteiger charge is -2.43. The van der Waals surface area contributed by atoms with Gasteiger partial charge in [-0.25, -0.2) is 19.7 Å². The van der Waals surface area contributed by atoms with Crippen LogP contribution in [-0.4, -0.2) is 93.6 Å². The van der Waals surface area contributed by atoms with E-state index in [-0.39, 0.29) is 18.2 Å². The van der Waals surface area contributed by atoms with Gasteiger partial charge in [0, 0.05) is 62.6 Å². The number of hydrogen-bond acceptors (Lipinski definition) is 9. The second kappa shape index (κ2) is 9.65. The number of pyridine rings is 1. The number of carbonyl (C=O) groups excluding carboxylic acids is 1. The van der Waals surface area contributed by atoms with Gasteiger partial charge in [-0.2, -0.15) is 5.10 Å². The maximum Gasteiger partial charge on any atom is 0.409 e. The molecule has 2 N–H and O–H groups in total. The Balaban J connectivity index is 1.39. The summed E-state index contributed by atoms with van der Waals surface area (Å²) in [6, 6.07) is 4.63. The average Bonchev–Trinajstić information content (AvgIpc) is 3.27. The zero-order valence-corrected chi connectivity index (χ0v) is 20.7. The molecule has 0 unspecified atom stereocenters. The van der Waals surface area contributed by atoms with Crippen LogP contribution in [0.15, 0.2) is 24.5 Å². The maximum atomic E-state index is 12.2. The second-order valence-corrected chi connectivity index (χ2v) is 9.42. The number of H-pyrrole nitrogens is 1. The number of aromatic nitrogens is 5. The summed E-state index contributed by atoms with van der Waals surface area (Å²) in [6.07, 6.45) is 3.36. The first-order valence-corrected chi connectivity index (χ1v) is 12.3. The molecule has 0 spiro atoms. The molecule has 3 aromatic rings. The van der Waals surface area contributed by atoms with Crippen molar-refractivity contribution in [2.75, 3.05) is 49.1 Å². The summed E-state index contributed by atoms with van der Waals surface area (Å²) in [4.78, 5) is 32.7. The lowest BCUT2D eigenvalue weighted by atomic mass is 10.1. The Morgan fingerprint density at radius 2 is 1.91 bits per heavy atom. The molecule has 2 saturated heterocycles. The number of anilines is 2. The number of piperazine rings is 2. The lowest BCUT2D eigenvalue weighted by molar-refractivity contribution is 0.0941. The van der Waals surface area contributed by atoms with Crippen LogP contribution in [0.1, 0.15) is 27.7 Å². The minimum atomic E-state index is -0.273. The number of aromatic amines is 1. The van der Waals surface area contributed by atoms with Crippen molar-refractivity contribution in [2.24, 2.45) is 0 Å². The van der Waals surface area contributed by atoms with Gasteiger partial charge in [0.2, 0.25) is 5.95 Å². The van der Waals surface area contributed by atoms with E-state index in [0.717, 1.165) is 47.7 Å². The van der Waals surface area contributed by atoms with Gasteiger partial charge in [-0.1, -0.05) is 0 Å². The van der Waals surface area contributed by atoms with Crippen molar-refractivity contribution in [3.05, 3.63) is 24.5 Å². The van der Waals surface area contributed by atoms with E-state index in [1.807, 2.05) is 13.1 Å². The zero-order chi connectivity index (χ0) is 24.5. The highest BCUT2D eigenvalue weighted by Gasteiger charge is 2.34. The van der Waals surface area contributed by atoms with Crippen LogP contribution in [0.3, 0.4) is 0 Å². The van der Waals surface area contributed by atoms with E-state index in [4.69, 9.17) is 14.7 Å². The van der Waals surface area contributed by atoms with Gasteiger partial charge in [0.05, 0.1) is 12.8 Å². The average molecular weight is 480 g/mol. The number of rotatable bonds is 4. The third-order valence-corrected chi connectivity index (χ3v) is 6.68. The first-order valence-electron chi connectivity index (χ1n) is 12.3. The SMILES string of the molecule is CCOC(=O)N1C[C@@H](C)N(c2ncc3[nH]nc(-c4ccc(N5CCN[C@H](C)C5)nc4)c3n2)[C@@H](C)C1. The van der Waals surface area contributed by atoms with Crippen LogP contribution < -0.4 is 15.1 Å². The molecule has 186 valence electrons. The molecule has 11 nitrogen and oxygen atoms in total. The molecule has 0 aliphatic carbocycles. The van der Waals surface area contributed by atoms with Crippen molar-refractivity contribution in [1.29, 1.82) is 0 Å². The Bertz CT molecular complexity index is 1170. The predicted molar refractivity (Wildman–Crippen MR) is 135 cm³/mol. The molecule has 0 radical (unpaired) electrons. The van der Waals surface area contributed by atoms with E-state index in [0.29, 0.717) is 31.7 Å². The van der Waals surface area contributed by atoms with Gasteiger partial charge in [0.15, 0.2) is 0 Å². The Morgan fingerprint density at radius 1 is 1.11 bits per heavy atom. The molecule has 11 heteroatoms. The Kier molecular flexibility index (Phi) is 6.42. The zero-order valence-electron chi connectivity index (χ0n) is 20.7. The van der Waals surface area contributed by atoms with Gasteiger partial charge < -0.3 is 24.8 Å². The minimum absolute atomic E-state index is 0.0401. The van der Waals surface area contributed by atoms with Gasteiger partial charge >= 0.3 is 6.09 Å². The number of fused-ring (bicyclic) bond motifs is 1. The Hall–Kier alpha value is -3.47. The fourth-order valence-corrected chi connectivity index (χ4v) is 5.06. The van der Waals surface area contributed by atoms with Gasteiger partial charge in [0.25, 0.3) is 0 Å². The standard InChI is InChI=1S/C24H33N9O2/c1-5-35-24(34)32-13-16(3)33(17(4)14-32)23-27-11-19-22(28-23)21(30-29-19)18-6-7-20(26-10-18)31-9-8-25-15(2)12-31/h6-7,10-11,15-17,25H,5,8-9,12-14H2,1-4H3,(H,29,30)/t15-,16-,17+/m1/s1. The molecule has 2 fully saturated rings. The number of amides is 1. The third kappa shape index (κ3) is 4.60. The molecule has 2 aliphatic heterocycles. The van der Waals surface area contributed by atoms with Crippen molar-refractivity contribution in [3.8, 4) is 11.3 Å². The van der Waals surface area contributed by atoms with Crippen molar-refractivity contribution < 1.29 is 9.53 Å². The summed E-state index contributed by atoms with van der Waals surface area (Å²) in [5, 5.41) is 11.0. The summed E-state index contributed by atoms with van der Waals surface area (Å²) in [6.45, 7) is 12.5. The van der Waals surface area contributed by atoms with Crippen LogP contribution in [0.4, 0.5) is 16.6 Å². The summed E-state index contributed by atoms with van der Waals surface area (Å²) in [7, 11) is 0. The third-order valence-electron chi connectivity index (χ3n) is 6.68. The summed E-state index contributed by atoms with van der Waals surface area (Å²) in [5.74, 6) is 1.60. The lowest BCUT2D eigenvalue weighted by Crippen LogP contribution is -2.58. The molecule has 35 heavy (non-hydrogen) atoms. The Labute approximate surface area is 204 Å². The van der Waals surface area contributed by atoms with Gasteiger partial charge in [-0.3, -0.25) is 5.10 Å². The Morgan fingerprint density at radius 3 is 2.60 bits per heavy atom. The molecule has 2 aliphatic rings. The highest BCUT2D eigenvalue weighted by molar-refractivity contribution is 5.89. The quantitative estimate of drug-likeness (QED) is 0.581. The fourth-order valence-electron chi connectivity index (χ4n) is 5.06. The van der Waals surface area contributed by atoms with E-state index in [1.54, 1.807) is 11.1 Å². The van der Waals surface area contributed by atoms with E-state index in [2.05, 4.69) is 63.2 Å². The van der Waals surface area contributed by atoms with E-state index >= 15 is 0 Å². The number of hydrogen-bond donors (Lipinski definition) is 2. The van der Waals surface area contributed by atoms with Crippen molar-refractivity contribution in [3.63, 3.8) is 0 Å². The van der Waals surface area contributed by atoms with Crippen molar-refractivity contribution in [1.82, 2.24) is 35.4 Å². The monoisotopic (exact) mass is 479 g/mol. The van der Waals surface area contributed by atoms with Crippen LogP contribution in [-0.2, 0) is 4.74 Å². The fraction of sp³-hybridized carbons (Fsp3) is 0.542. The molecule has 0 bridgehead atoms. The number of nitrogens with one attached hydrogen (secondary N) is 2. The number of nitrogens with zero attached hydrogens (tertiary/aromatic N) is 7. The van der Waals surface area contributed by atoms with Crippen molar-refractivity contribution in [2.45, 2.75) is 45.8 Å². The molecule has 5 heterocycles. The van der Waals surface area contributed by atoms with Crippen LogP contribution in [0.5, 0.6) is 0 Å². The summed E-state index contributed by atoms with van der Waals surface area (Å²) < 4.78 is 5.20. The highest BCUT2D eigenvalue weighted by atomic mass is 16.6. The van der Waals surface area contributed by atoms with Gasteiger partial charge in [-0.15, -0.1) is 0 Å². The molecule has 0 aromatic carbocycles. The van der Waals surface area contributed by atoms with E-state index < -0.39 is 0 Å². The molecule has 1 amide bonds. The van der Waals surface area contributed by atoms with Crippen LogP contribution >= 0.6 is 0 Å². The van der Waals surface area contributed by atoms with Crippen molar-refractivity contribution >= 4 is 28.9 Å². The summed E-state index contributed by atoms with van der Waals surface area (Å²) in [5.41, 5.74) is 3.18. The molecular weight excluding hydrogens is 446 g/mol. The first kappa shape index (κ1) is 23.3. The number of carbonyl (C=O) groups is 1. The number of ether oxygens (including phenoxy) is 1.